The van der Waals surface area contributed by atoms with E-state index in [0.717, 1.165) is 22.2 Å². The Morgan fingerprint density at radius 1 is 1.32 bits per heavy atom. The number of methoxy groups -OCH3 is 1. The number of fused-ring (bicyclic) bond motifs is 1. The van der Waals surface area contributed by atoms with Crippen LogP contribution in [0.3, 0.4) is 0 Å². The maximum atomic E-state index is 12.1. The number of furan rings is 1. The number of Topliss-reactive ketones (excluding diaryl/α,β-unsaturated/α-hetero) is 1. The van der Waals surface area contributed by atoms with Gasteiger partial charge in [-0.1, -0.05) is 30.0 Å². The fraction of sp³-hybridized carbons (Fsp3) is 0.250. The number of hydrogen-bond acceptors (Lipinski definition) is 6. The molecule has 1 atom stereocenters. The van der Waals surface area contributed by atoms with E-state index < -0.39 is 0 Å². The maximum Gasteiger partial charge on any atom is 0.305 e. The van der Waals surface area contributed by atoms with Gasteiger partial charge < -0.3 is 14.5 Å². The van der Waals surface area contributed by atoms with Crippen molar-refractivity contribution in [2.45, 2.75) is 18.2 Å². The lowest BCUT2D eigenvalue weighted by Gasteiger charge is -2.11. The van der Waals surface area contributed by atoms with Crippen molar-refractivity contribution >= 4 is 40.2 Å². The summed E-state index contributed by atoms with van der Waals surface area (Å²) in [6.07, 6.45) is 1.97. The van der Waals surface area contributed by atoms with Crippen LogP contribution in [0.25, 0.3) is 16.7 Å². The summed E-state index contributed by atoms with van der Waals surface area (Å²) in [7, 11) is 1.32. The molecule has 2 heterocycles. The first-order valence-corrected chi connectivity index (χ1v) is 7.81. The van der Waals surface area contributed by atoms with Gasteiger partial charge in [0, 0.05) is 17.4 Å². The van der Waals surface area contributed by atoms with E-state index in [1.807, 2.05) is 29.7 Å². The normalized spacial score (nSPS) is 17.1. The smallest absolute Gasteiger partial charge is 0.305 e. The molecule has 0 bridgehead atoms. The molecule has 1 N–H and O–H groups in total. The van der Waals surface area contributed by atoms with Crippen LogP contribution in [0.4, 0.5) is 0 Å². The van der Waals surface area contributed by atoms with Gasteiger partial charge in [-0.05, 0) is 11.5 Å². The van der Waals surface area contributed by atoms with Crippen molar-refractivity contribution in [1.82, 2.24) is 5.32 Å². The van der Waals surface area contributed by atoms with Crippen LogP contribution in [-0.2, 0) is 14.3 Å². The molecule has 0 saturated carbocycles. The van der Waals surface area contributed by atoms with Crippen molar-refractivity contribution < 1.29 is 18.7 Å². The Balaban J connectivity index is 1.67. The molecule has 0 fully saturated rings. The fourth-order valence-corrected chi connectivity index (χ4v) is 3.22. The average molecular weight is 317 g/mol. The zero-order valence-corrected chi connectivity index (χ0v) is 12.8. The van der Waals surface area contributed by atoms with Crippen molar-refractivity contribution in [2.24, 2.45) is 0 Å². The van der Waals surface area contributed by atoms with Crippen LogP contribution >= 0.6 is 11.8 Å². The summed E-state index contributed by atoms with van der Waals surface area (Å²) in [6.45, 7) is 0. The van der Waals surface area contributed by atoms with Crippen molar-refractivity contribution in [3.05, 3.63) is 41.5 Å². The summed E-state index contributed by atoms with van der Waals surface area (Å²) in [6, 6.07) is 7.75. The lowest BCUT2D eigenvalue weighted by atomic mass is 10.1. The number of ketones is 1. The second-order valence-electron chi connectivity index (χ2n) is 4.88. The van der Waals surface area contributed by atoms with Gasteiger partial charge in [-0.3, -0.25) is 9.59 Å². The summed E-state index contributed by atoms with van der Waals surface area (Å²) in [5, 5.41) is 5.74. The average Bonchev–Trinajstić information content (AvgIpc) is 3.18. The number of esters is 1. The van der Waals surface area contributed by atoms with E-state index in [1.54, 1.807) is 6.26 Å². The Hall–Kier alpha value is -2.21. The monoisotopic (exact) mass is 317 g/mol. The van der Waals surface area contributed by atoms with Crippen molar-refractivity contribution in [2.75, 3.05) is 7.11 Å². The van der Waals surface area contributed by atoms with Crippen LogP contribution < -0.4 is 5.32 Å². The molecule has 0 aliphatic carbocycles. The van der Waals surface area contributed by atoms with Crippen LogP contribution in [0.1, 0.15) is 18.4 Å². The van der Waals surface area contributed by atoms with Gasteiger partial charge in [0.05, 0.1) is 19.2 Å². The summed E-state index contributed by atoms with van der Waals surface area (Å²) in [5.74, 6) is -0.389. The molecule has 0 saturated heterocycles. The third-order valence-electron chi connectivity index (χ3n) is 3.48. The molecule has 22 heavy (non-hydrogen) atoms. The number of rotatable bonds is 5. The molecule has 6 heteroatoms. The zero-order valence-electron chi connectivity index (χ0n) is 12.0. The van der Waals surface area contributed by atoms with Gasteiger partial charge in [-0.25, -0.2) is 0 Å². The quantitative estimate of drug-likeness (QED) is 0.855. The molecule has 2 aromatic rings. The highest BCUT2D eigenvalue weighted by Crippen LogP contribution is 2.33. The van der Waals surface area contributed by atoms with E-state index in [1.165, 1.54) is 18.9 Å². The molecule has 1 aromatic carbocycles. The Morgan fingerprint density at radius 3 is 2.95 bits per heavy atom. The van der Waals surface area contributed by atoms with Gasteiger partial charge in [-0.15, -0.1) is 0 Å². The number of benzene rings is 1. The van der Waals surface area contributed by atoms with Gasteiger partial charge in [0.25, 0.3) is 0 Å². The number of carbonyl (C=O) groups is 2. The lowest BCUT2D eigenvalue weighted by Crippen LogP contribution is -2.29. The van der Waals surface area contributed by atoms with Gasteiger partial charge >= 0.3 is 5.97 Å². The molecule has 0 amide bonds. The molecule has 5 nitrogen and oxygen atoms in total. The molecule has 1 aliphatic rings. The van der Waals surface area contributed by atoms with Crippen LogP contribution in [-0.4, -0.2) is 24.2 Å². The van der Waals surface area contributed by atoms with E-state index in [9.17, 15) is 9.59 Å². The summed E-state index contributed by atoms with van der Waals surface area (Å²) in [4.78, 5) is 23.2. The number of thioether (sulfide) groups is 1. The Morgan fingerprint density at radius 2 is 2.14 bits per heavy atom. The predicted molar refractivity (Wildman–Crippen MR) is 85.0 cm³/mol. The van der Waals surface area contributed by atoms with Gasteiger partial charge in [-0.2, -0.15) is 0 Å². The van der Waals surface area contributed by atoms with Gasteiger partial charge in [0.2, 0.25) is 0 Å². The summed E-state index contributed by atoms with van der Waals surface area (Å²) < 4.78 is 10.1. The minimum atomic E-state index is -0.370. The zero-order chi connectivity index (χ0) is 15.5. The minimum absolute atomic E-state index is 0.0190. The highest BCUT2D eigenvalue weighted by atomic mass is 32.2. The first-order chi connectivity index (χ1) is 10.7. The number of nitrogens with one attached hydrogen (secondary N) is 1. The maximum absolute atomic E-state index is 12.1. The molecule has 1 aliphatic heterocycles. The highest BCUT2D eigenvalue weighted by molar-refractivity contribution is 8.03. The third kappa shape index (κ3) is 2.87. The van der Waals surface area contributed by atoms with Crippen LogP contribution in [0.5, 0.6) is 0 Å². The van der Waals surface area contributed by atoms with Crippen LogP contribution in [0, 0.1) is 0 Å². The largest absolute Gasteiger partial charge is 0.469 e. The fourth-order valence-electron chi connectivity index (χ4n) is 2.29. The third-order valence-corrected chi connectivity index (χ3v) is 4.50. The van der Waals surface area contributed by atoms with E-state index in [4.69, 9.17) is 4.42 Å². The number of carbonyl (C=O) groups excluding carboxylic acids is 2. The summed E-state index contributed by atoms with van der Waals surface area (Å²) in [5.41, 5.74) is 2.61. The van der Waals surface area contributed by atoms with Gasteiger partial charge in [0.15, 0.2) is 5.78 Å². The first kappa shape index (κ1) is 14.7. The molecular weight excluding hydrogens is 302 g/mol. The van der Waals surface area contributed by atoms with Crippen molar-refractivity contribution in [3.63, 3.8) is 0 Å². The Bertz CT molecular complexity index is 749. The van der Waals surface area contributed by atoms with E-state index in [-0.39, 0.29) is 30.0 Å². The van der Waals surface area contributed by atoms with E-state index in [0.29, 0.717) is 0 Å². The lowest BCUT2D eigenvalue weighted by molar-refractivity contribution is -0.141. The molecule has 114 valence electrons. The topological polar surface area (TPSA) is 68.5 Å². The molecule has 1 aromatic heterocycles. The predicted octanol–water partition coefficient (Wildman–Crippen LogP) is 2.92. The van der Waals surface area contributed by atoms with E-state index in [2.05, 4.69) is 10.1 Å². The number of ether oxygens (including phenoxy) is 1. The first-order valence-electron chi connectivity index (χ1n) is 6.87. The molecular formula is C16H15NO4S. The second-order valence-corrected chi connectivity index (χ2v) is 5.86. The summed E-state index contributed by atoms with van der Waals surface area (Å²) >= 11 is 1.41. The number of hydrogen-bond donors (Lipinski definition) is 1. The highest BCUT2D eigenvalue weighted by Gasteiger charge is 2.26. The second kappa shape index (κ2) is 6.27. The number of para-hydroxylation sites is 1. The molecule has 1 unspecified atom stereocenters. The van der Waals surface area contributed by atoms with Crippen LogP contribution in [0.15, 0.2) is 40.4 Å². The minimum Gasteiger partial charge on any atom is -0.469 e. The van der Waals surface area contributed by atoms with E-state index >= 15 is 0 Å². The Labute approximate surface area is 131 Å². The van der Waals surface area contributed by atoms with Gasteiger partial charge in [0.1, 0.15) is 17.2 Å². The Kier molecular flexibility index (Phi) is 4.20. The van der Waals surface area contributed by atoms with Crippen molar-refractivity contribution in [3.8, 4) is 0 Å². The SMILES string of the molecule is COC(=O)CCC(=O)C1NC(c2coc3ccccc23)=CS1. The molecule has 0 radical (unpaired) electrons. The standard InChI is InChI=1S/C16H15NO4S/c1-20-15(19)7-6-13(18)16-17-12(9-22-16)11-8-21-14-5-3-2-4-10(11)14/h2-5,8-9,16-17H,6-7H2,1H3. The van der Waals surface area contributed by atoms with Crippen LogP contribution in [0.2, 0.25) is 0 Å². The molecule has 3 rings (SSSR count). The molecule has 0 spiro atoms. The van der Waals surface area contributed by atoms with Crippen molar-refractivity contribution in [1.29, 1.82) is 0 Å².